The molecule has 0 aromatic heterocycles. The second kappa shape index (κ2) is 7.87. The van der Waals surface area contributed by atoms with Crippen LogP contribution in [0.25, 0.3) is 0 Å². The van der Waals surface area contributed by atoms with E-state index in [4.69, 9.17) is 10.5 Å². The topological polar surface area (TPSA) is 102 Å². The average Bonchev–Trinajstić information content (AvgIpc) is 3.07. The van der Waals surface area contributed by atoms with E-state index in [0.717, 1.165) is 16.8 Å². The molecule has 1 aliphatic carbocycles. The summed E-state index contributed by atoms with van der Waals surface area (Å²) in [6.45, 7) is 5.77. The highest BCUT2D eigenvalue weighted by atomic mass is 16.5. The Balaban J connectivity index is 1.90. The van der Waals surface area contributed by atoms with Crippen LogP contribution in [0.5, 0.6) is 0 Å². The van der Waals surface area contributed by atoms with Crippen LogP contribution in [0.15, 0.2) is 65.1 Å². The van der Waals surface area contributed by atoms with Crippen molar-refractivity contribution in [1.82, 2.24) is 0 Å². The molecule has 0 bridgehead atoms. The fourth-order valence-electron chi connectivity index (χ4n) is 5.60. The number of nitrogens with one attached hydrogen (secondary N) is 1. The van der Waals surface area contributed by atoms with Crippen LogP contribution in [-0.2, 0) is 24.5 Å². The smallest absolute Gasteiger partial charge is 0.339 e. The number of nitrogens with two attached hydrogens (primary N) is 1. The molecule has 7 nitrogen and oxygen atoms in total. The lowest BCUT2D eigenvalue weighted by Gasteiger charge is -2.44. The molecule has 5 rings (SSSR count). The van der Waals surface area contributed by atoms with E-state index < -0.39 is 17.3 Å². The molecule has 2 aliphatic heterocycles. The Kier molecular flexibility index (Phi) is 5.08. The third kappa shape index (κ3) is 2.86. The van der Waals surface area contributed by atoms with E-state index in [-0.39, 0.29) is 23.8 Å². The first kappa shape index (κ1) is 21.9. The number of nitrogens with zero attached hydrogens (tertiary/aromatic N) is 1. The number of esters is 1. The van der Waals surface area contributed by atoms with E-state index in [1.165, 1.54) is 0 Å². The van der Waals surface area contributed by atoms with Crippen LogP contribution in [0.4, 0.5) is 11.4 Å². The van der Waals surface area contributed by atoms with Crippen molar-refractivity contribution in [1.29, 1.82) is 0 Å². The van der Waals surface area contributed by atoms with Crippen LogP contribution >= 0.6 is 0 Å². The van der Waals surface area contributed by atoms with Gasteiger partial charge >= 0.3 is 5.97 Å². The lowest BCUT2D eigenvalue weighted by atomic mass is 9.63. The highest BCUT2D eigenvalue weighted by Gasteiger charge is 2.61. The van der Waals surface area contributed by atoms with Gasteiger partial charge in [-0.1, -0.05) is 35.9 Å². The van der Waals surface area contributed by atoms with Crippen molar-refractivity contribution in [2.45, 2.75) is 45.4 Å². The van der Waals surface area contributed by atoms with E-state index in [9.17, 15) is 14.4 Å². The molecule has 7 heteroatoms. The second-order valence-corrected chi connectivity index (χ2v) is 8.95. The molecule has 0 fully saturated rings. The lowest BCUT2D eigenvalue weighted by molar-refractivity contribution is -0.140. The number of para-hydroxylation sites is 1. The summed E-state index contributed by atoms with van der Waals surface area (Å²) in [5, 5.41) is 2.89. The van der Waals surface area contributed by atoms with Gasteiger partial charge in [-0.25, -0.2) is 4.79 Å². The van der Waals surface area contributed by atoms with Gasteiger partial charge in [0, 0.05) is 28.9 Å². The molecule has 0 radical (unpaired) electrons. The van der Waals surface area contributed by atoms with Gasteiger partial charge in [0.25, 0.3) is 0 Å². The zero-order valence-corrected chi connectivity index (χ0v) is 19.5. The molecule has 174 valence electrons. The first-order valence-electron chi connectivity index (χ1n) is 11.5. The summed E-state index contributed by atoms with van der Waals surface area (Å²) in [5.74, 6) is -1.20. The third-order valence-corrected chi connectivity index (χ3v) is 6.89. The van der Waals surface area contributed by atoms with E-state index in [1.54, 1.807) is 36.1 Å². The van der Waals surface area contributed by atoms with E-state index in [1.807, 2.05) is 32.0 Å². The van der Waals surface area contributed by atoms with E-state index in [2.05, 4.69) is 5.32 Å². The van der Waals surface area contributed by atoms with Gasteiger partial charge in [0.1, 0.15) is 16.8 Å². The quantitative estimate of drug-likeness (QED) is 0.681. The van der Waals surface area contributed by atoms with Crippen LogP contribution in [-0.4, -0.2) is 24.3 Å². The fraction of sp³-hybridized carbons (Fsp3) is 0.296. The minimum absolute atomic E-state index is 0.00854. The highest BCUT2D eigenvalue weighted by Crippen LogP contribution is 2.55. The molecule has 0 saturated carbocycles. The van der Waals surface area contributed by atoms with Gasteiger partial charge in [-0.2, -0.15) is 0 Å². The number of anilines is 2. The minimum atomic E-state index is -1.64. The zero-order chi connectivity index (χ0) is 24.2. The summed E-state index contributed by atoms with van der Waals surface area (Å²) in [6.07, 6.45) is 1.50. The molecule has 3 aliphatic rings. The van der Waals surface area contributed by atoms with Crippen LogP contribution in [0, 0.1) is 13.8 Å². The van der Waals surface area contributed by atoms with Crippen molar-refractivity contribution in [3.8, 4) is 0 Å². The van der Waals surface area contributed by atoms with Crippen LogP contribution < -0.4 is 16.0 Å². The van der Waals surface area contributed by atoms with Crippen molar-refractivity contribution < 1.29 is 19.1 Å². The van der Waals surface area contributed by atoms with Crippen LogP contribution in [0.1, 0.15) is 42.9 Å². The molecule has 0 saturated heterocycles. The molecule has 2 heterocycles. The number of aryl methyl sites for hydroxylation is 2. The van der Waals surface area contributed by atoms with Crippen molar-refractivity contribution >= 4 is 29.0 Å². The van der Waals surface area contributed by atoms with Crippen molar-refractivity contribution in [3.63, 3.8) is 0 Å². The first-order valence-corrected chi connectivity index (χ1v) is 11.5. The number of carbonyl (C=O) groups is 3. The van der Waals surface area contributed by atoms with E-state index >= 15 is 0 Å². The predicted molar refractivity (Wildman–Crippen MR) is 129 cm³/mol. The summed E-state index contributed by atoms with van der Waals surface area (Å²) in [4.78, 5) is 42.7. The van der Waals surface area contributed by atoms with Crippen molar-refractivity contribution in [2.75, 3.05) is 16.8 Å². The number of carbonyl (C=O) groups excluding carboxylic acids is 3. The Morgan fingerprint density at radius 1 is 1.15 bits per heavy atom. The van der Waals surface area contributed by atoms with Gasteiger partial charge in [0.2, 0.25) is 5.91 Å². The molecule has 1 spiro atoms. The molecular formula is C27H27N3O4. The normalized spacial score (nSPS) is 21.6. The Hall–Kier alpha value is -3.87. The van der Waals surface area contributed by atoms with Crippen LogP contribution in [0.2, 0.25) is 0 Å². The molecule has 2 aromatic rings. The van der Waals surface area contributed by atoms with E-state index in [0.29, 0.717) is 41.8 Å². The zero-order valence-electron chi connectivity index (χ0n) is 19.5. The van der Waals surface area contributed by atoms with Gasteiger partial charge in [-0.3, -0.25) is 14.5 Å². The number of benzene rings is 2. The first-order chi connectivity index (χ1) is 16.3. The Bertz CT molecular complexity index is 1320. The summed E-state index contributed by atoms with van der Waals surface area (Å²) < 4.78 is 5.43. The number of ether oxygens (including phenoxy) is 1. The van der Waals surface area contributed by atoms with Crippen LogP contribution in [0.3, 0.4) is 0 Å². The number of ketones is 1. The Morgan fingerprint density at radius 3 is 2.65 bits per heavy atom. The number of fused-ring (bicyclic) bond motifs is 3. The van der Waals surface area contributed by atoms with Gasteiger partial charge < -0.3 is 15.8 Å². The molecule has 1 unspecified atom stereocenters. The molecule has 3 N–H and O–H groups in total. The SMILES string of the molecule is CCOC(=O)C1=C(N)N(c2ccc(C)cc2C)C2=C(C(=O)CCC2)C12C(=O)Nc1ccccc12. The second-order valence-electron chi connectivity index (χ2n) is 8.95. The number of hydrogen-bond acceptors (Lipinski definition) is 6. The molecule has 34 heavy (non-hydrogen) atoms. The standard InChI is InChI=1S/C27H27N3O4/c1-4-34-25(32)23-24(28)30(19-13-12-15(2)14-16(19)3)20-10-7-11-21(31)22(20)27(23)17-8-5-6-9-18(17)29-26(27)33/h5-6,8-9,12-14H,4,7,10-11,28H2,1-3H3,(H,29,33). The van der Waals surface area contributed by atoms with Gasteiger partial charge in [-0.05, 0) is 51.3 Å². The number of Topliss-reactive ketones (excluding diaryl/α,β-unsaturated/α-hetero) is 1. The average molecular weight is 458 g/mol. The number of rotatable bonds is 3. The maximum atomic E-state index is 13.8. The maximum Gasteiger partial charge on any atom is 0.339 e. The molecule has 1 atom stereocenters. The lowest BCUT2D eigenvalue weighted by Crippen LogP contribution is -2.53. The monoisotopic (exact) mass is 457 g/mol. The van der Waals surface area contributed by atoms with Gasteiger partial charge in [0.05, 0.1) is 12.3 Å². The Labute approximate surface area is 198 Å². The summed E-state index contributed by atoms with van der Waals surface area (Å²) in [5.41, 5.74) is 10.0. The largest absolute Gasteiger partial charge is 0.462 e. The number of amides is 1. The summed E-state index contributed by atoms with van der Waals surface area (Å²) in [6, 6.07) is 13.1. The van der Waals surface area contributed by atoms with Crippen molar-refractivity contribution in [2.24, 2.45) is 5.73 Å². The van der Waals surface area contributed by atoms with Crippen molar-refractivity contribution in [3.05, 3.63) is 81.8 Å². The minimum Gasteiger partial charge on any atom is -0.462 e. The molecular weight excluding hydrogens is 430 g/mol. The summed E-state index contributed by atoms with van der Waals surface area (Å²) >= 11 is 0. The highest BCUT2D eigenvalue weighted by molar-refractivity contribution is 6.23. The maximum absolute atomic E-state index is 13.8. The van der Waals surface area contributed by atoms with Gasteiger partial charge in [-0.15, -0.1) is 0 Å². The number of hydrogen-bond donors (Lipinski definition) is 2. The predicted octanol–water partition coefficient (Wildman–Crippen LogP) is 3.75. The third-order valence-electron chi connectivity index (χ3n) is 6.89. The summed E-state index contributed by atoms with van der Waals surface area (Å²) in [7, 11) is 0. The molecule has 2 aromatic carbocycles. The number of allylic oxidation sites excluding steroid dienone is 1. The molecule has 1 amide bonds. The van der Waals surface area contributed by atoms with Gasteiger partial charge in [0.15, 0.2) is 5.78 Å². The fourth-order valence-corrected chi connectivity index (χ4v) is 5.60. The Morgan fingerprint density at radius 2 is 1.91 bits per heavy atom.